The van der Waals surface area contributed by atoms with Crippen molar-refractivity contribution in [2.24, 2.45) is 5.92 Å². The summed E-state index contributed by atoms with van der Waals surface area (Å²) in [6, 6.07) is 0.651. The lowest BCUT2D eigenvalue weighted by Crippen LogP contribution is -2.43. The standard InChI is InChI=1S/C14H28N2O/c1-3-16-8-6-13(7-9-16)12(2)15-11-14-5-4-10-17-14/h12-15H,3-11H2,1-2H3. The topological polar surface area (TPSA) is 24.5 Å². The Morgan fingerprint density at radius 3 is 2.65 bits per heavy atom. The molecule has 2 heterocycles. The predicted molar refractivity (Wildman–Crippen MR) is 71.3 cm³/mol. The summed E-state index contributed by atoms with van der Waals surface area (Å²) in [5, 5.41) is 3.68. The Balaban J connectivity index is 1.64. The molecule has 0 saturated carbocycles. The summed E-state index contributed by atoms with van der Waals surface area (Å²) < 4.78 is 5.65. The van der Waals surface area contributed by atoms with E-state index in [2.05, 4.69) is 24.1 Å². The van der Waals surface area contributed by atoms with Crippen LogP contribution in [0, 0.1) is 5.92 Å². The molecule has 2 fully saturated rings. The van der Waals surface area contributed by atoms with Crippen LogP contribution < -0.4 is 5.32 Å². The number of nitrogens with one attached hydrogen (secondary N) is 1. The second-order valence-corrected chi connectivity index (χ2v) is 5.60. The highest BCUT2D eigenvalue weighted by Crippen LogP contribution is 2.20. The van der Waals surface area contributed by atoms with E-state index in [1.54, 1.807) is 0 Å². The zero-order valence-electron chi connectivity index (χ0n) is 11.5. The maximum Gasteiger partial charge on any atom is 0.0700 e. The van der Waals surface area contributed by atoms with Crippen LogP contribution in [0.15, 0.2) is 0 Å². The van der Waals surface area contributed by atoms with E-state index < -0.39 is 0 Å². The van der Waals surface area contributed by atoms with Crippen molar-refractivity contribution in [1.82, 2.24) is 10.2 Å². The molecule has 2 unspecified atom stereocenters. The Morgan fingerprint density at radius 1 is 1.29 bits per heavy atom. The number of nitrogens with zero attached hydrogens (tertiary/aromatic N) is 1. The Morgan fingerprint density at radius 2 is 2.06 bits per heavy atom. The molecular weight excluding hydrogens is 212 g/mol. The third kappa shape index (κ3) is 3.94. The Bertz CT molecular complexity index is 208. The van der Waals surface area contributed by atoms with E-state index in [0.717, 1.165) is 19.1 Å². The minimum atomic E-state index is 0.480. The lowest BCUT2D eigenvalue weighted by atomic mass is 9.90. The van der Waals surface area contributed by atoms with Gasteiger partial charge in [-0.2, -0.15) is 0 Å². The van der Waals surface area contributed by atoms with Crippen LogP contribution in [-0.4, -0.2) is 49.8 Å². The molecule has 0 aliphatic carbocycles. The molecule has 0 amide bonds. The summed E-state index contributed by atoms with van der Waals surface area (Å²) in [4.78, 5) is 2.56. The number of likely N-dealkylation sites (tertiary alicyclic amines) is 1. The second kappa shape index (κ2) is 6.72. The van der Waals surface area contributed by atoms with Crippen LogP contribution in [0.4, 0.5) is 0 Å². The monoisotopic (exact) mass is 240 g/mol. The van der Waals surface area contributed by atoms with Crippen LogP contribution >= 0.6 is 0 Å². The number of rotatable bonds is 5. The first kappa shape index (κ1) is 13.3. The first-order chi connectivity index (χ1) is 8.29. The van der Waals surface area contributed by atoms with Gasteiger partial charge in [-0.3, -0.25) is 0 Å². The molecule has 2 aliphatic heterocycles. The van der Waals surface area contributed by atoms with Crippen molar-refractivity contribution in [3.05, 3.63) is 0 Å². The van der Waals surface area contributed by atoms with E-state index in [9.17, 15) is 0 Å². The minimum Gasteiger partial charge on any atom is -0.377 e. The minimum absolute atomic E-state index is 0.480. The average Bonchev–Trinajstić information content (AvgIpc) is 2.89. The number of piperidine rings is 1. The van der Waals surface area contributed by atoms with Gasteiger partial charge in [-0.15, -0.1) is 0 Å². The van der Waals surface area contributed by atoms with Gasteiger partial charge in [0.1, 0.15) is 0 Å². The van der Waals surface area contributed by atoms with Crippen molar-refractivity contribution >= 4 is 0 Å². The van der Waals surface area contributed by atoms with Crippen LogP contribution in [0.2, 0.25) is 0 Å². The zero-order valence-corrected chi connectivity index (χ0v) is 11.5. The number of ether oxygens (including phenoxy) is 1. The third-order valence-corrected chi connectivity index (χ3v) is 4.48. The van der Waals surface area contributed by atoms with Gasteiger partial charge in [0.2, 0.25) is 0 Å². The summed E-state index contributed by atoms with van der Waals surface area (Å²) in [7, 11) is 0. The van der Waals surface area contributed by atoms with Gasteiger partial charge in [-0.25, -0.2) is 0 Å². The predicted octanol–water partition coefficient (Wildman–Crippen LogP) is 1.88. The van der Waals surface area contributed by atoms with Crippen molar-refractivity contribution in [2.75, 3.05) is 32.8 Å². The molecule has 17 heavy (non-hydrogen) atoms. The van der Waals surface area contributed by atoms with Gasteiger partial charge >= 0.3 is 0 Å². The van der Waals surface area contributed by atoms with Gasteiger partial charge in [0.25, 0.3) is 0 Å². The SMILES string of the molecule is CCN1CCC(C(C)NCC2CCCO2)CC1. The van der Waals surface area contributed by atoms with Gasteiger partial charge in [0.05, 0.1) is 6.10 Å². The third-order valence-electron chi connectivity index (χ3n) is 4.48. The first-order valence-corrected chi connectivity index (χ1v) is 7.37. The van der Waals surface area contributed by atoms with E-state index in [4.69, 9.17) is 4.74 Å². The van der Waals surface area contributed by atoms with Gasteiger partial charge in [-0.05, 0) is 58.2 Å². The Labute approximate surface area is 106 Å². The first-order valence-electron chi connectivity index (χ1n) is 7.37. The van der Waals surface area contributed by atoms with Crippen molar-refractivity contribution < 1.29 is 4.74 Å². The quantitative estimate of drug-likeness (QED) is 0.794. The molecule has 0 aromatic heterocycles. The molecule has 0 bridgehead atoms. The largest absolute Gasteiger partial charge is 0.377 e. The van der Waals surface area contributed by atoms with E-state index in [1.807, 2.05) is 0 Å². The van der Waals surface area contributed by atoms with Crippen LogP contribution in [0.3, 0.4) is 0 Å². The van der Waals surface area contributed by atoms with Crippen LogP contribution in [0.1, 0.15) is 39.5 Å². The highest BCUT2D eigenvalue weighted by Gasteiger charge is 2.24. The summed E-state index contributed by atoms with van der Waals surface area (Å²) in [5.74, 6) is 0.860. The summed E-state index contributed by atoms with van der Waals surface area (Å²) in [5.41, 5.74) is 0. The Kier molecular flexibility index (Phi) is 5.26. The van der Waals surface area contributed by atoms with Crippen LogP contribution in [0.5, 0.6) is 0 Å². The molecule has 100 valence electrons. The summed E-state index contributed by atoms with van der Waals surface area (Å²) >= 11 is 0. The normalized spacial score (nSPS) is 29.6. The molecule has 2 rings (SSSR count). The van der Waals surface area contributed by atoms with Gasteiger partial charge < -0.3 is 15.0 Å². The number of hydrogen-bond acceptors (Lipinski definition) is 3. The van der Waals surface area contributed by atoms with Gasteiger partial charge in [0.15, 0.2) is 0 Å². The molecule has 2 saturated heterocycles. The molecule has 2 aliphatic rings. The molecule has 3 heteroatoms. The van der Waals surface area contributed by atoms with Crippen molar-refractivity contribution in [3.63, 3.8) is 0 Å². The molecule has 1 N–H and O–H groups in total. The molecule has 3 nitrogen and oxygen atoms in total. The van der Waals surface area contributed by atoms with E-state index in [1.165, 1.54) is 45.3 Å². The lowest BCUT2D eigenvalue weighted by Gasteiger charge is -2.34. The maximum absolute atomic E-state index is 5.65. The molecule has 2 atom stereocenters. The lowest BCUT2D eigenvalue weighted by molar-refractivity contribution is 0.101. The van der Waals surface area contributed by atoms with Gasteiger partial charge in [0, 0.05) is 19.2 Å². The fourth-order valence-electron chi connectivity index (χ4n) is 3.06. The highest BCUT2D eigenvalue weighted by atomic mass is 16.5. The summed E-state index contributed by atoms with van der Waals surface area (Å²) in [6.07, 6.45) is 5.68. The van der Waals surface area contributed by atoms with E-state index in [0.29, 0.717) is 12.1 Å². The van der Waals surface area contributed by atoms with E-state index >= 15 is 0 Å². The van der Waals surface area contributed by atoms with Crippen LogP contribution in [-0.2, 0) is 4.74 Å². The zero-order chi connectivity index (χ0) is 12.1. The molecule has 0 aromatic carbocycles. The van der Waals surface area contributed by atoms with Gasteiger partial charge in [-0.1, -0.05) is 6.92 Å². The maximum atomic E-state index is 5.65. The van der Waals surface area contributed by atoms with Crippen molar-refractivity contribution in [3.8, 4) is 0 Å². The van der Waals surface area contributed by atoms with Crippen LogP contribution in [0.25, 0.3) is 0 Å². The fourth-order valence-corrected chi connectivity index (χ4v) is 3.06. The van der Waals surface area contributed by atoms with Crippen molar-refractivity contribution in [1.29, 1.82) is 0 Å². The molecular formula is C14H28N2O. The smallest absolute Gasteiger partial charge is 0.0700 e. The van der Waals surface area contributed by atoms with Crippen molar-refractivity contribution in [2.45, 2.75) is 51.7 Å². The Hall–Kier alpha value is -0.120. The number of hydrogen-bond donors (Lipinski definition) is 1. The average molecular weight is 240 g/mol. The molecule has 0 aromatic rings. The summed E-state index contributed by atoms with van der Waals surface area (Å²) in [6.45, 7) is 10.4. The highest BCUT2D eigenvalue weighted by molar-refractivity contribution is 4.80. The molecule has 0 spiro atoms. The molecule has 0 radical (unpaired) electrons. The second-order valence-electron chi connectivity index (χ2n) is 5.60. The fraction of sp³-hybridized carbons (Fsp3) is 1.00. The van der Waals surface area contributed by atoms with E-state index in [-0.39, 0.29) is 0 Å².